The summed E-state index contributed by atoms with van der Waals surface area (Å²) in [6.45, 7) is 5.49. The SMILES string of the molecule is Cc1c(C(=O)NCc2ccc(N3CCOCC3)nc2)cnn1-c1ccccc1. The smallest absolute Gasteiger partial charge is 0.255 e. The lowest BCUT2D eigenvalue weighted by Gasteiger charge is -2.27. The molecule has 4 rings (SSSR count). The van der Waals surface area contributed by atoms with Crippen molar-refractivity contribution in [2.45, 2.75) is 13.5 Å². The van der Waals surface area contributed by atoms with Gasteiger partial charge in [0.2, 0.25) is 0 Å². The molecule has 0 unspecified atom stereocenters. The first kappa shape index (κ1) is 18.2. The third-order valence-electron chi connectivity index (χ3n) is 4.85. The predicted molar refractivity (Wildman–Crippen MR) is 107 cm³/mol. The average molecular weight is 377 g/mol. The minimum atomic E-state index is -0.142. The van der Waals surface area contributed by atoms with Crippen molar-refractivity contribution in [1.29, 1.82) is 0 Å². The van der Waals surface area contributed by atoms with Gasteiger partial charge in [0.1, 0.15) is 5.82 Å². The van der Waals surface area contributed by atoms with Crippen LogP contribution in [0.4, 0.5) is 5.82 Å². The molecule has 0 bridgehead atoms. The molecule has 3 aromatic rings. The molecule has 1 aliphatic rings. The standard InChI is InChI=1S/C21H23N5O2/c1-16-19(15-24-26(16)18-5-3-2-4-6-18)21(27)23-14-17-7-8-20(22-13-17)25-9-11-28-12-10-25/h2-8,13,15H,9-12,14H2,1H3,(H,23,27). The van der Waals surface area contributed by atoms with E-state index in [0.29, 0.717) is 12.1 Å². The van der Waals surface area contributed by atoms with Crippen LogP contribution in [-0.2, 0) is 11.3 Å². The molecule has 0 atom stereocenters. The Morgan fingerprint density at radius 2 is 1.89 bits per heavy atom. The van der Waals surface area contributed by atoms with Crippen molar-refractivity contribution in [1.82, 2.24) is 20.1 Å². The van der Waals surface area contributed by atoms with Crippen molar-refractivity contribution >= 4 is 11.7 Å². The highest BCUT2D eigenvalue weighted by Crippen LogP contribution is 2.15. The molecule has 7 nitrogen and oxygen atoms in total. The summed E-state index contributed by atoms with van der Waals surface area (Å²) in [4.78, 5) is 19.3. The van der Waals surface area contributed by atoms with E-state index in [1.165, 1.54) is 0 Å². The van der Waals surface area contributed by atoms with Gasteiger partial charge in [-0.2, -0.15) is 5.10 Å². The van der Waals surface area contributed by atoms with Crippen LogP contribution >= 0.6 is 0 Å². The molecule has 0 radical (unpaired) electrons. The fourth-order valence-corrected chi connectivity index (χ4v) is 3.24. The van der Waals surface area contributed by atoms with Crippen LogP contribution < -0.4 is 10.2 Å². The molecule has 28 heavy (non-hydrogen) atoms. The first-order valence-corrected chi connectivity index (χ1v) is 9.38. The van der Waals surface area contributed by atoms with Crippen LogP contribution in [0.15, 0.2) is 54.9 Å². The van der Waals surface area contributed by atoms with Crippen LogP contribution in [0, 0.1) is 6.92 Å². The first-order valence-electron chi connectivity index (χ1n) is 9.38. The van der Waals surface area contributed by atoms with Gasteiger partial charge in [-0.25, -0.2) is 9.67 Å². The highest BCUT2D eigenvalue weighted by molar-refractivity contribution is 5.95. The van der Waals surface area contributed by atoms with Gasteiger partial charge >= 0.3 is 0 Å². The van der Waals surface area contributed by atoms with E-state index >= 15 is 0 Å². The lowest BCUT2D eigenvalue weighted by atomic mass is 10.2. The van der Waals surface area contributed by atoms with E-state index in [2.05, 4.69) is 20.3 Å². The van der Waals surface area contributed by atoms with E-state index < -0.39 is 0 Å². The maximum Gasteiger partial charge on any atom is 0.255 e. The zero-order valence-corrected chi connectivity index (χ0v) is 15.8. The monoisotopic (exact) mass is 377 g/mol. The normalized spacial score (nSPS) is 14.1. The summed E-state index contributed by atoms with van der Waals surface area (Å²) < 4.78 is 7.14. The second-order valence-electron chi connectivity index (χ2n) is 6.70. The van der Waals surface area contributed by atoms with Crippen molar-refractivity contribution in [2.24, 2.45) is 0 Å². The zero-order chi connectivity index (χ0) is 19.3. The Kier molecular flexibility index (Phi) is 5.34. The Morgan fingerprint density at radius 1 is 1.11 bits per heavy atom. The number of para-hydroxylation sites is 1. The molecule has 144 valence electrons. The molecular weight excluding hydrogens is 354 g/mol. The van der Waals surface area contributed by atoms with Crippen LogP contribution in [0.5, 0.6) is 0 Å². The molecule has 1 fully saturated rings. The maximum absolute atomic E-state index is 12.6. The number of hydrogen-bond donors (Lipinski definition) is 1. The Morgan fingerprint density at radius 3 is 2.61 bits per heavy atom. The van der Waals surface area contributed by atoms with Gasteiger partial charge in [0, 0.05) is 25.8 Å². The number of ether oxygens (including phenoxy) is 1. The number of pyridine rings is 1. The summed E-state index contributed by atoms with van der Waals surface area (Å²) in [5.74, 6) is 0.801. The largest absolute Gasteiger partial charge is 0.378 e. The Balaban J connectivity index is 1.39. The minimum absolute atomic E-state index is 0.142. The first-order chi connectivity index (χ1) is 13.7. The van der Waals surface area contributed by atoms with Gasteiger partial charge in [-0.3, -0.25) is 4.79 Å². The molecule has 1 N–H and O–H groups in total. The number of nitrogens with zero attached hydrogens (tertiary/aromatic N) is 4. The molecule has 3 heterocycles. The Bertz CT molecular complexity index is 931. The molecular formula is C21H23N5O2. The van der Waals surface area contributed by atoms with Crippen LogP contribution in [-0.4, -0.2) is 47.0 Å². The number of carbonyl (C=O) groups is 1. The highest BCUT2D eigenvalue weighted by Gasteiger charge is 2.15. The van der Waals surface area contributed by atoms with E-state index in [1.54, 1.807) is 10.9 Å². The summed E-state index contributed by atoms with van der Waals surface area (Å²) in [5, 5.41) is 7.31. The van der Waals surface area contributed by atoms with E-state index in [9.17, 15) is 4.79 Å². The van der Waals surface area contributed by atoms with Gasteiger partial charge < -0.3 is 15.0 Å². The van der Waals surface area contributed by atoms with Crippen molar-refractivity contribution in [3.05, 3.63) is 71.7 Å². The second kappa shape index (κ2) is 8.22. The lowest BCUT2D eigenvalue weighted by Crippen LogP contribution is -2.36. The van der Waals surface area contributed by atoms with Gasteiger partial charge in [0.15, 0.2) is 0 Å². The van der Waals surface area contributed by atoms with E-state index in [0.717, 1.165) is 49.1 Å². The molecule has 0 aliphatic carbocycles. The van der Waals surface area contributed by atoms with E-state index in [4.69, 9.17) is 4.74 Å². The summed E-state index contributed by atoms with van der Waals surface area (Å²) in [7, 11) is 0. The summed E-state index contributed by atoms with van der Waals surface area (Å²) >= 11 is 0. The van der Waals surface area contributed by atoms with Crippen LogP contribution in [0.3, 0.4) is 0 Å². The summed E-state index contributed by atoms with van der Waals surface area (Å²) in [5.41, 5.74) is 3.27. The maximum atomic E-state index is 12.6. The lowest BCUT2D eigenvalue weighted by molar-refractivity contribution is 0.0950. The predicted octanol–water partition coefficient (Wildman–Crippen LogP) is 2.34. The van der Waals surface area contributed by atoms with Crippen LogP contribution in [0.2, 0.25) is 0 Å². The number of morpholine rings is 1. The third kappa shape index (κ3) is 3.89. The molecule has 1 saturated heterocycles. The van der Waals surface area contributed by atoms with Crippen molar-refractivity contribution in [2.75, 3.05) is 31.2 Å². The van der Waals surface area contributed by atoms with Crippen molar-refractivity contribution < 1.29 is 9.53 Å². The second-order valence-corrected chi connectivity index (χ2v) is 6.70. The van der Waals surface area contributed by atoms with Gasteiger partial charge in [0.25, 0.3) is 5.91 Å². The summed E-state index contributed by atoms with van der Waals surface area (Å²) in [6.07, 6.45) is 3.42. The van der Waals surface area contributed by atoms with Crippen molar-refractivity contribution in [3.8, 4) is 5.69 Å². The number of benzene rings is 1. The topological polar surface area (TPSA) is 72.3 Å². The molecule has 0 saturated carbocycles. The Labute approximate surface area is 164 Å². The Hall–Kier alpha value is -3.19. The van der Waals surface area contributed by atoms with Crippen LogP contribution in [0.1, 0.15) is 21.6 Å². The average Bonchev–Trinajstić information content (AvgIpc) is 3.15. The molecule has 0 spiro atoms. The van der Waals surface area contributed by atoms with Gasteiger partial charge in [-0.05, 0) is 30.7 Å². The quantitative estimate of drug-likeness (QED) is 0.739. The number of carbonyl (C=O) groups excluding carboxylic acids is 1. The van der Waals surface area contributed by atoms with Gasteiger partial charge in [-0.1, -0.05) is 24.3 Å². The molecule has 2 aromatic heterocycles. The molecule has 1 aromatic carbocycles. The van der Waals surface area contributed by atoms with Crippen molar-refractivity contribution in [3.63, 3.8) is 0 Å². The number of amides is 1. The number of nitrogens with one attached hydrogen (secondary N) is 1. The molecule has 7 heteroatoms. The number of aromatic nitrogens is 3. The number of anilines is 1. The fourth-order valence-electron chi connectivity index (χ4n) is 3.24. The fraction of sp³-hybridized carbons (Fsp3) is 0.286. The number of hydrogen-bond acceptors (Lipinski definition) is 5. The molecule has 1 amide bonds. The van der Waals surface area contributed by atoms with Gasteiger partial charge in [0.05, 0.1) is 36.4 Å². The summed E-state index contributed by atoms with van der Waals surface area (Å²) in [6, 6.07) is 13.8. The number of rotatable bonds is 5. The highest BCUT2D eigenvalue weighted by atomic mass is 16.5. The van der Waals surface area contributed by atoms with Gasteiger partial charge in [-0.15, -0.1) is 0 Å². The minimum Gasteiger partial charge on any atom is -0.378 e. The third-order valence-corrected chi connectivity index (χ3v) is 4.85. The van der Waals surface area contributed by atoms with Crippen LogP contribution in [0.25, 0.3) is 5.69 Å². The van der Waals surface area contributed by atoms with E-state index in [1.807, 2.05) is 55.6 Å². The molecule has 1 aliphatic heterocycles. The zero-order valence-electron chi connectivity index (χ0n) is 15.8. The van der Waals surface area contributed by atoms with E-state index in [-0.39, 0.29) is 5.91 Å².